The number of anilines is 1. The number of nitrogens with two attached hydrogens (primary N) is 1. The van der Waals surface area contributed by atoms with Gasteiger partial charge in [0, 0.05) is 18.8 Å². The topological polar surface area (TPSA) is 47.3 Å². The first-order valence-corrected chi connectivity index (χ1v) is 7.32. The van der Waals surface area contributed by atoms with E-state index in [1.165, 1.54) is 32.1 Å². The molecule has 1 fully saturated rings. The zero-order valence-corrected chi connectivity index (χ0v) is 12.2. The molecule has 3 N–H and O–H groups in total. The van der Waals surface area contributed by atoms with Gasteiger partial charge in [0.1, 0.15) is 5.75 Å². The van der Waals surface area contributed by atoms with Gasteiger partial charge in [0.15, 0.2) is 0 Å². The highest BCUT2D eigenvalue weighted by Crippen LogP contribution is 2.40. The second-order valence-electron chi connectivity index (χ2n) is 5.73. The van der Waals surface area contributed by atoms with Crippen LogP contribution in [0.1, 0.15) is 44.6 Å². The molecular formula is C16H26N2O. The first-order chi connectivity index (χ1) is 9.19. The molecular weight excluding hydrogens is 236 g/mol. The van der Waals surface area contributed by atoms with Crippen LogP contribution in [0.15, 0.2) is 18.2 Å². The van der Waals surface area contributed by atoms with E-state index in [4.69, 9.17) is 10.5 Å². The molecule has 19 heavy (non-hydrogen) atoms. The maximum absolute atomic E-state index is 6.01. The SMILES string of the molecule is CCC1(CNCc2cc(OC)ccc2N)CCCC1. The third-order valence-corrected chi connectivity index (χ3v) is 4.58. The number of hydrogen-bond acceptors (Lipinski definition) is 3. The van der Waals surface area contributed by atoms with Crippen molar-refractivity contribution in [1.82, 2.24) is 5.32 Å². The Morgan fingerprint density at radius 2 is 2.05 bits per heavy atom. The molecule has 0 unspecified atom stereocenters. The lowest BCUT2D eigenvalue weighted by atomic mass is 9.83. The summed E-state index contributed by atoms with van der Waals surface area (Å²) in [4.78, 5) is 0. The molecule has 0 aromatic heterocycles. The van der Waals surface area contributed by atoms with Crippen molar-refractivity contribution >= 4 is 5.69 Å². The van der Waals surface area contributed by atoms with Crippen molar-refractivity contribution < 1.29 is 4.74 Å². The number of nitrogen functional groups attached to an aromatic ring is 1. The van der Waals surface area contributed by atoms with Gasteiger partial charge in [-0.2, -0.15) is 0 Å². The first-order valence-electron chi connectivity index (χ1n) is 7.32. The molecule has 1 aromatic rings. The predicted molar refractivity (Wildman–Crippen MR) is 80.3 cm³/mol. The van der Waals surface area contributed by atoms with Crippen molar-refractivity contribution in [2.75, 3.05) is 19.4 Å². The molecule has 106 valence electrons. The quantitative estimate of drug-likeness (QED) is 0.773. The maximum atomic E-state index is 6.01. The van der Waals surface area contributed by atoms with Crippen molar-refractivity contribution in [2.24, 2.45) is 5.41 Å². The fourth-order valence-electron chi connectivity index (χ4n) is 3.10. The van der Waals surface area contributed by atoms with E-state index in [1.54, 1.807) is 7.11 Å². The smallest absolute Gasteiger partial charge is 0.119 e. The van der Waals surface area contributed by atoms with Gasteiger partial charge in [0.05, 0.1) is 7.11 Å². The number of benzene rings is 1. The van der Waals surface area contributed by atoms with Crippen LogP contribution in [0.2, 0.25) is 0 Å². The van der Waals surface area contributed by atoms with E-state index in [0.29, 0.717) is 5.41 Å². The van der Waals surface area contributed by atoms with Crippen molar-refractivity contribution in [1.29, 1.82) is 0 Å². The largest absolute Gasteiger partial charge is 0.497 e. The summed E-state index contributed by atoms with van der Waals surface area (Å²) in [7, 11) is 1.69. The van der Waals surface area contributed by atoms with Gasteiger partial charge >= 0.3 is 0 Å². The fourth-order valence-corrected chi connectivity index (χ4v) is 3.10. The van der Waals surface area contributed by atoms with Gasteiger partial charge in [-0.1, -0.05) is 19.8 Å². The monoisotopic (exact) mass is 262 g/mol. The molecule has 1 aliphatic rings. The normalized spacial score (nSPS) is 17.6. The lowest BCUT2D eigenvalue weighted by molar-refractivity contribution is 0.268. The molecule has 3 heteroatoms. The summed E-state index contributed by atoms with van der Waals surface area (Å²) in [6, 6.07) is 5.85. The van der Waals surface area contributed by atoms with Crippen LogP contribution < -0.4 is 15.8 Å². The minimum absolute atomic E-state index is 0.521. The van der Waals surface area contributed by atoms with Crippen LogP contribution in [0.25, 0.3) is 0 Å². The first kappa shape index (κ1) is 14.2. The van der Waals surface area contributed by atoms with Gasteiger partial charge < -0.3 is 15.8 Å². The highest BCUT2D eigenvalue weighted by molar-refractivity contribution is 5.50. The van der Waals surface area contributed by atoms with Crippen LogP contribution in [-0.4, -0.2) is 13.7 Å². The maximum Gasteiger partial charge on any atom is 0.119 e. The van der Waals surface area contributed by atoms with E-state index in [1.807, 2.05) is 18.2 Å². The molecule has 0 bridgehead atoms. The fraction of sp³-hybridized carbons (Fsp3) is 0.625. The molecule has 3 nitrogen and oxygen atoms in total. The van der Waals surface area contributed by atoms with Gasteiger partial charge in [-0.05, 0) is 48.4 Å². The Morgan fingerprint density at radius 1 is 1.32 bits per heavy atom. The highest BCUT2D eigenvalue weighted by atomic mass is 16.5. The zero-order chi connectivity index (χ0) is 13.7. The Labute approximate surface area is 116 Å². The molecule has 1 saturated carbocycles. The minimum Gasteiger partial charge on any atom is -0.497 e. The van der Waals surface area contributed by atoms with Crippen LogP contribution in [0, 0.1) is 5.41 Å². The molecule has 1 aliphatic carbocycles. The lowest BCUT2D eigenvalue weighted by Crippen LogP contribution is -2.31. The number of methoxy groups -OCH3 is 1. The lowest BCUT2D eigenvalue weighted by Gasteiger charge is -2.28. The molecule has 0 amide bonds. The standard InChI is InChI=1S/C16H26N2O/c1-3-16(8-4-5-9-16)12-18-11-13-10-14(19-2)6-7-15(13)17/h6-7,10,18H,3-5,8-9,11-12,17H2,1-2H3. The number of ether oxygens (including phenoxy) is 1. The Morgan fingerprint density at radius 3 is 2.68 bits per heavy atom. The van der Waals surface area contributed by atoms with Crippen molar-refractivity contribution in [2.45, 2.75) is 45.6 Å². The zero-order valence-electron chi connectivity index (χ0n) is 12.2. The molecule has 2 rings (SSSR count). The molecule has 0 saturated heterocycles. The predicted octanol–water partition coefficient (Wildman–Crippen LogP) is 3.34. The Bertz CT molecular complexity index is 411. The third-order valence-electron chi connectivity index (χ3n) is 4.58. The second-order valence-corrected chi connectivity index (χ2v) is 5.73. The van der Waals surface area contributed by atoms with E-state index < -0.39 is 0 Å². The molecule has 0 radical (unpaired) electrons. The summed E-state index contributed by atoms with van der Waals surface area (Å²) in [5.41, 5.74) is 8.50. The van der Waals surface area contributed by atoms with Gasteiger partial charge in [0.25, 0.3) is 0 Å². The van der Waals surface area contributed by atoms with Gasteiger partial charge in [-0.25, -0.2) is 0 Å². The molecule has 0 aliphatic heterocycles. The summed E-state index contributed by atoms with van der Waals surface area (Å²) in [5.74, 6) is 0.872. The van der Waals surface area contributed by atoms with Gasteiger partial charge in [-0.3, -0.25) is 0 Å². The minimum atomic E-state index is 0.521. The van der Waals surface area contributed by atoms with Crippen molar-refractivity contribution in [3.63, 3.8) is 0 Å². The van der Waals surface area contributed by atoms with E-state index in [0.717, 1.165) is 30.1 Å². The van der Waals surface area contributed by atoms with Gasteiger partial charge in [0.2, 0.25) is 0 Å². The summed E-state index contributed by atoms with van der Waals surface area (Å²) in [6.07, 6.45) is 6.77. The number of rotatable bonds is 6. The Hall–Kier alpha value is -1.22. The van der Waals surface area contributed by atoms with Crippen molar-refractivity contribution in [3.05, 3.63) is 23.8 Å². The van der Waals surface area contributed by atoms with Crippen LogP contribution in [-0.2, 0) is 6.54 Å². The second kappa shape index (κ2) is 6.29. The Kier molecular flexibility index (Phi) is 4.70. The number of nitrogens with one attached hydrogen (secondary N) is 1. The van der Waals surface area contributed by atoms with Crippen molar-refractivity contribution in [3.8, 4) is 5.75 Å². The molecule has 1 aromatic carbocycles. The van der Waals surface area contributed by atoms with Crippen LogP contribution in [0.3, 0.4) is 0 Å². The molecule has 0 heterocycles. The van der Waals surface area contributed by atoms with Gasteiger partial charge in [-0.15, -0.1) is 0 Å². The number of hydrogen-bond donors (Lipinski definition) is 2. The van der Waals surface area contributed by atoms with Crippen LogP contribution in [0.4, 0.5) is 5.69 Å². The van der Waals surface area contributed by atoms with Crippen LogP contribution >= 0.6 is 0 Å². The summed E-state index contributed by atoms with van der Waals surface area (Å²) in [5, 5.41) is 3.59. The molecule has 0 spiro atoms. The van der Waals surface area contributed by atoms with E-state index in [2.05, 4.69) is 12.2 Å². The molecule has 0 atom stereocenters. The van der Waals surface area contributed by atoms with E-state index >= 15 is 0 Å². The average molecular weight is 262 g/mol. The van der Waals surface area contributed by atoms with E-state index in [9.17, 15) is 0 Å². The summed E-state index contributed by atoms with van der Waals surface area (Å²) >= 11 is 0. The Balaban J connectivity index is 1.91. The highest BCUT2D eigenvalue weighted by Gasteiger charge is 2.31. The van der Waals surface area contributed by atoms with Crippen LogP contribution in [0.5, 0.6) is 5.75 Å². The van der Waals surface area contributed by atoms with E-state index in [-0.39, 0.29) is 0 Å². The third kappa shape index (κ3) is 3.41. The summed E-state index contributed by atoms with van der Waals surface area (Å²) in [6.45, 7) is 4.23. The summed E-state index contributed by atoms with van der Waals surface area (Å²) < 4.78 is 5.25. The average Bonchev–Trinajstić information content (AvgIpc) is 2.90.